The third-order valence-corrected chi connectivity index (χ3v) is 16.6. The standard InChI is InChI=1S/C55H68ClN9O12S2/c1-34-35(2)78-53-49(34)50(37-8-11-41(56)12-9-37)62-44(51(58)65(53)36(3)57)31-47(66)59-17-22-73-24-26-75-27-25-74-23-18-60-52(68)39-10-13-43(46(29-39)79(70,71)63-19-15-42(72-7)16-20-63)38-14-21-64-45(28-38)40(32-61-64)30-48(67)76-33-77-54(69)55(4,5)6/h8-14,21,28-29,32,42,44,57-58H,15-20,22-27,30-31,33H2,1-7H3,(H,59,66)(H,60,68)/t44-/m1/s1. The minimum Gasteiger partial charge on any atom is -0.428 e. The van der Waals surface area contributed by atoms with Gasteiger partial charge < -0.3 is 39.1 Å². The highest BCUT2D eigenvalue weighted by atomic mass is 35.5. The highest BCUT2D eigenvalue weighted by Crippen LogP contribution is 2.40. The molecule has 7 rings (SSSR count). The number of aromatic nitrogens is 2. The van der Waals surface area contributed by atoms with Crippen molar-refractivity contribution in [3.05, 3.63) is 105 Å². The van der Waals surface area contributed by atoms with Gasteiger partial charge in [0.25, 0.3) is 5.91 Å². The van der Waals surface area contributed by atoms with Crippen LogP contribution in [0.1, 0.15) is 84.4 Å². The van der Waals surface area contributed by atoms with Crippen LogP contribution in [0, 0.1) is 30.1 Å². The number of carbonyl (C=O) groups is 4. The molecule has 1 atom stereocenters. The molecule has 2 amide bonds. The van der Waals surface area contributed by atoms with Gasteiger partial charge in [0.2, 0.25) is 22.7 Å². The number of benzene rings is 2. The lowest BCUT2D eigenvalue weighted by Crippen LogP contribution is -2.42. The minimum absolute atomic E-state index is 0.0382. The van der Waals surface area contributed by atoms with Gasteiger partial charge in [0.15, 0.2) is 0 Å². The van der Waals surface area contributed by atoms with Crippen molar-refractivity contribution in [2.24, 2.45) is 10.4 Å². The van der Waals surface area contributed by atoms with E-state index in [-0.39, 0.29) is 113 Å². The number of methoxy groups -OCH3 is 1. The van der Waals surface area contributed by atoms with Crippen LogP contribution < -0.4 is 15.5 Å². The smallest absolute Gasteiger partial charge is 0.314 e. The first-order valence-electron chi connectivity index (χ1n) is 25.8. The number of aryl methyl sites for hydroxylation is 1. The first-order chi connectivity index (χ1) is 37.7. The van der Waals surface area contributed by atoms with E-state index in [0.717, 1.165) is 26.6 Å². The number of sulfonamides is 1. The molecular weight excluding hydrogens is 1080 g/mol. The number of hydrogen-bond acceptors (Lipinski definition) is 17. The van der Waals surface area contributed by atoms with E-state index in [9.17, 15) is 27.6 Å². The summed E-state index contributed by atoms with van der Waals surface area (Å²) in [7, 11) is -2.53. The third kappa shape index (κ3) is 15.3. The molecule has 1 saturated heterocycles. The molecule has 0 unspecified atom stereocenters. The molecule has 4 N–H and O–H groups in total. The fourth-order valence-electron chi connectivity index (χ4n) is 8.75. The van der Waals surface area contributed by atoms with Crippen molar-refractivity contribution >= 4 is 84.6 Å². The number of pyridine rings is 1. The summed E-state index contributed by atoms with van der Waals surface area (Å²) in [4.78, 5) is 59.1. The number of amidine groups is 2. The van der Waals surface area contributed by atoms with E-state index in [0.29, 0.717) is 45.8 Å². The lowest BCUT2D eigenvalue weighted by Gasteiger charge is -2.31. The van der Waals surface area contributed by atoms with Gasteiger partial charge in [-0.15, -0.1) is 11.3 Å². The Morgan fingerprint density at radius 3 is 2.18 bits per heavy atom. The Morgan fingerprint density at radius 1 is 0.873 bits per heavy atom. The van der Waals surface area contributed by atoms with Crippen molar-refractivity contribution < 1.29 is 56.0 Å². The lowest BCUT2D eigenvalue weighted by molar-refractivity contribution is -0.172. The normalized spacial score (nSPS) is 15.3. The number of ether oxygens (including phenoxy) is 6. The molecule has 424 valence electrons. The average Bonchev–Trinajstić information content (AvgIpc) is 4.06. The van der Waals surface area contributed by atoms with Gasteiger partial charge >= 0.3 is 11.9 Å². The molecule has 0 aliphatic carbocycles. The molecule has 5 heterocycles. The van der Waals surface area contributed by atoms with E-state index in [4.69, 9.17) is 55.8 Å². The Balaban J connectivity index is 0.856. The van der Waals surface area contributed by atoms with E-state index in [1.165, 1.54) is 27.9 Å². The van der Waals surface area contributed by atoms with Crippen LogP contribution in [0.5, 0.6) is 0 Å². The van der Waals surface area contributed by atoms with Gasteiger partial charge in [-0.2, -0.15) is 9.40 Å². The molecule has 0 bridgehead atoms. The SMILES string of the molecule is COC1CCN(S(=O)(=O)c2cc(C(=O)NCCOCCOCCOCCNC(=O)C[C@H]3N=C(c4ccc(Cl)cc4)c4c(sc(C)c4C)N(C(C)=N)C3=N)ccc2-c2ccn3ncc(CC(=O)OCOC(=O)C(C)(C)C)c3c2)CC1. The quantitative estimate of drug-likeness (QED) is 0.0164. The summed E-state index contributed by atoms with van der Waals surface area (Å²) in [5, 5.41) is 29.0. The molecule has 3 aromatic heterocycles. The van der Waals surface area contributed by atoms with E-state index < -0.39 is 46.1 Å². The summed E-state index contributed by atoms with van der Waals surface area (Å²) in [5.74, 6) is -1.79. The fraction of sp³-hybridized carbons (Fsp3) is 0.455. The van der Waals surface area contributed by atoms with Crippen LogP contribution >= 0.6 is 22.9 Å². The van der Waals surface area contributed by atoms with Crippen molar-refractivity contribution in [1.82, 2.24) is 24.6 Å². The number of carbonyl (C=O) groups excluding carboxylic acids is 4. The second-order valence-electron chi connectivity index (χ2n) is 19.9. The maximum absolute atomic E-state index is 14.4. The predicted molar refractivity (Wildman–Crippen MR) is 300 cm³/mol. The maximum Gasteiger partial charge on any atom is 0.314 e. The highest BCUT2D eigenvalue weighted by molar-refractivity contribution is 7.89. The number of halogens is 1. The van der Waals surface area contributed by atoms with E-state index in [1.54, 1.807) is 86.8 Å². The molecule has 2 aliphatic rings. The van der Waals surface area contributed by atoms with Gasteiger partial charge in [0.05, 0.1) is 86.3 Å². The first-order valence-corrected chi connectivity index (χ1v) is 28.4. The number of amides is 2. The van der Waals surface area contributed by atoms with Crippen molar-refractivity contribution in [1.29, 1.82) is 10.8 Å². The number of aliphatic imine (C=N–C) groups is 1. The third-order valence-electron chi connectivity index (χ3n) is 13.2. The van der Waals surface area contributed by atoms with E-state index in [1.807, 2.05) is 26.0 Å². The largest absolute Gasteiger partial charge is 0.428 e. The van der Waals surface area contributed by atoms with Gasteiger partial charge in [-0.25, -0.2) is 12.9 Å². The van der Waals surface area contributed by atoms with Crippen molar-refractivity contribution in [2.75, 3.05) is 84.6 Å². The second kappa shape index (κ2) is 27.1. The van der Waals surface area contributed by atoms with Crippen LogP contribution in [-0.4, -0.2) is 155 Å². The van der Waals surface area contributed by atoms with Crippen LogP contribution in [0.2, 0.25) is 5.02 Å². The van der Waals surface area contributed by atoms with Crippen LogP contribution in [0.15, 0.2) is 76.9 Å². The Kier molecular flexibility index (Phi) is 20.7. The number of nitrogens with one attached hydrogen (secondary N) is 4. The summed E-state index contributed by atoms with van der Waals surface area (Å²) >= 11 is 7.69. The molecule has 0 spiro atoms. The predicted octanol–water partition coefficient (Wildman–Crippen LogP) is 6.75. The average molecular weight is 1150 g/mol. The number of hydrogen-bond donors (Lipinski definition) is 4. The Labute approximate surface area is 468 Å². The van der Waals surface area contributed by atoms with E-state index >= 15 is 0 Å². The minimum atomic E-state index is -4.13. The fourth-order valence-corrected chi connectivity index (χ4v) is 11.8. The van der Waals surface area contributed by atoms with Crippen LogP contribution in [0.3, 0.4) is 0 Å². The van der Waals surface area contributed by atoms with Gasteiger partial charge in [0, 0.05) is 77.2 Å². The first kappa shape index (κ1) is 60.2. The van der Waals surface area contributed by atoms with Gasteiger partial charge in [-0.1, -0.05) is 29.8 Å². The van der Waals surface area contributed by atoms with Crippen LogP contribution in [0.4, 0.5) is 5.00 Å². The second-order valence-corrected chi connectivity index (χ2v) is 23.4. The monoisotopic (exact) mass is 1150 g/mol. The summed E-state index contributed by atoms with van der Waals surface area (Å²) in [6.07, 6.45) is 3.80. The van der Waals surface area contributed by atoms with Crippen molar-refractivity contribution in [3.63, 3.8) is 0 Å². The van der Waals surface area contributed by atoms with Crippen molar-refractivity contribution in [2.45, 2.75) is 84.3 Å². The van der Waals surface area contributed by atoms with Crippen LogP contribution in [-0.2, 0) is 59.2 Å². The summed E-state index contributed by atoms with van der Waals surface area (Å²) in [6, 6.07) is 14.4. The molecule has 79 heavy (non-hydrogen) atoms. The Bertz CT molecular complexity index is 3180. The number of piperidine rings is 1. The lowest BCUT2D eigenvalue weighted by atomic mass is 9.98. The zero-order chi connectivity index (χ0) is 57.0. The van der Waals surface area contributed by atoms with Gasteiger partial charge in [-0.05, 0) is 102 Å². The number of fused-ring (bicyclic) bond motifs is 2. The van der Waals surface area contributed by atoms with Gasteiger partial charge in [0.1, 0.15) is 22.7 Å². The van der Waals surface area contributed by atoms with Crippen LogP contribution in [0.25, 0.3) is 16.6 Å². The number of nitrogens with zero attached hydrogens (tertiary/aromatic N) is 5. The summed E-state index contributed by atoms with van der Waals surface area (Å²) in [6.45, 7) is 12.4. The number of anilines is 1. The number of esters is 2. The Hall–Kier alpha value is -6.44. The topological polar surface area (TPSA) is 266 Å². The van der Waals surface area contributed by atoms with Gasteiger partial charge in [-0.3, -0.25) is 39.9 Å². The Morgan fingerprint density at radius 2 is 1.53 bits per heavy atom. The molecule has 24 heteroatoms. The molecule has 21 nitrogen and oxygen atoms in total. The zero-order valence-electron chi connectivity index (χ0n) is 45.4. The zero-order valence-corrected chi connectivity index (χ0v) is 47.8. The molecule has 2 aromatic carbocycles. The summed E-state index contributed by atoms with van der Waals surface area (Å²) < 4.78 is 64.5. The van der Waals surface area contributed by atoms with Crippen molar-refractivity contribution in [3.8, 4) is 11.1 Å². The summed E-state index contributed by atoms with van der Waals surface area (Å²) in [5.41, 5.74) is 4.49. The molecular formula is C55H68ClN9O12S2. The number of thiophene rings is 1. The molecule has 0 saturated carbocycles. The van der Waals surface area contributed by atoms with E-state index in [2.05, 4.69) is 15.7 Å². The highest BCUT2D eigenvalue weighted by Gasteiger charge is 2.36. The molecule has 0 radical (unpaired) electrons. The molecule has 1 fully saturated rings. The molecule has 5 aromatic rings. The number of rotatable bonds is 24. The molecule has 2 aliphatic heterocycles. The maximum atomic E-state index is 14.4.